The molecule has 1 rings (SSSR count). The number of halogens is 1. The van der Waals surface area contributed by atoms with Gasteiger partial charge in [-0.05, 0) is 13.0 Å². The highest BCUT2D eigenvalue weighted by atomic mass is 35.5. The maximum absolute atomic E-state index is 10.6. The van der Waals surface area contributed by atoms with Crippen LogP contribution in [0.4, 0.5) is 11.4 Å². The third-order valence-electron chi connectivity index (χ3n) is 1.92. The summed E-state index contributed by atoms with van der Waals surface area (Å²) in [5, 5.41) is 28.6. The highest BCUT2D eigenvalue weighted by molar-refractivity contribution is 5.92. The lowest BCUT2D eigenvalue weighted by molar-refractivity contribution is -0.422. The SMILES string of the molecule is CCOC(=N)c1ccc([N+](=O)[O-])c([N+](=O)[O-])c1.Cl. The molecule has 18 heavy (non-hydrogen) atoms. The van der Waals surface area contributed by atoms with Gasteiger partial charge in [0.15, 0.2) is 0 Å². The Bertz CT molecular complexity index is 491. The van der Waals surface area contributed by atoms with E-state index in [1.54, 1.807) is 6.92 Å². The van der Waals surface area contributed by atoms with E-state index in [1.807, 2.05) is 0 Å². The summed E-state index contributed by atoms with van der Waals surface area (Å²) in [6.45, 7) is 1.90. The second kappa shape index (κ2) is 6.50. The number of nitrogens with one attached hydrogen (secondary N) is 1. The fourth-order valence-corrected chi connectivity index (χ4v) is 1.19. The third kappa shape index (κ3) is 3.39. The summed E-state index contributed by atoms with van der Waals surface area (Å²) >= 11 is 0. The lowest BCUT2D eigenvalue weighted by atomic mass is 10.1. The summed E-state index contributed by atoms with van der Waals surface area (Å²) in [4.78, 5) is 19.5. The van der Waals surface area contributed by atoms with Crippen molar-refractivity contribution in [3.63, 3.8) is 0 Å². The molecule has 1 N–H and O–H groups in total. The van der Waals surface area contributed by atoms with E-state index in [-0.39, 0.29) is 30.5 Å². The second-order valence-electron chi connectivity index (χ2n) is 2.98. The minimum Gasteiger partial charge on any atom is -0.478 e. The molecule has 0 aromatic heterocycles. The van der Waals surface area contributed by atoms with Crippen molar-refractivity contribution in [3.8, 4) is 0 Å². The predicted octanol–water partition coefficient (Wildman–Crippen LogP) is 2.29. The number of nitro benzene ring substituents is 2. The molecule has 0 spiro atoms. The van der Waals surface area contributed by atoms with Gasteiger partial charge in [-0.3, -0.25) is 25.6 Å². The summed E-state index contributed by atoms with van der Waals surface area (Å²) in [6.07, 6.45) is 0. The Hall–Kier alpha value is -2.22. The van der Waals surface area contributed by atoms with Gasteiger partial charge in [-0.2, -0.15) is 0 Å². The highest BCUT2D eigenvalue weighted by Crippen LogP contribution is 2.27. The van der Waals surface area contributed by atoms with Crippen molar-refractivity contribution < 1.29 is 14.6 Å². The van der Waals surface area contributed by atoms with E-state index in [0.29, 0.717) is 0 Å². The minimum atomic E-state index is -0.860. The number of hydrogen-bond acceptors (Lipinski definition) is 6. The number of nitrogens with zero attached hydrogens (tertiary/aromatic N) is 2. The van der Waals surface area contributed by atoms with Gasteiger partial charge in [0.05, 0.1) is 16.5 Å². The first-order valence-corrected chi connectivity index (χ1v) is 4.62. The molecule has 0 aliphatic heterocycles. The fourth-order valence-electron chi connectivity index (χ4n) is 1.19. The maximum Gasteiger partial charge on any atom is 0.346 e. The number of hydrogen-bond donors (Lipinski definition) is 1. The van der Waals surface area contributed by atoms with E-state index in [0.717, 1.165) is 12.1 Å². The van der Waals surface area contributed by atoms with Crippen LogP contribution >= 0.6 is 12.4 Å². The van der Waals surface area contributed by atoms with E-state index >= 15 is 0 Å². The van der Waals surface area contributed by atoms with Gasteiger partial charge in [0.25, 0.3) is 0 Å². The van der Waals surface area contributed by atoms with E-state index in [2.05, 4.69) is 0 Å². The van der Waals surface area contributed by atoms with Crippen LogP contribution in [0.5, 0.6) is 0 Å². The smallest absolute Gasteiger partial charge is 0.346 e. The molecule has 9 heteroatoms. The summed E-state index contributed by atoms with van der Waals surface area (Å²) in [6, 6.07) is 3.18. The van der Waals surface area contributed by atoms with E-state index in [9.17, 15) is 20.2 Å². The molecule has 1 aromatic rings. The molecule has 0 atom stereocenters. The molecule has 0 heterocycles. The molecule has 0 radical (unpaired) electrons. The lowest BCUT2D eigenvalue weighted by Gasteiger charge is -2.04. The van der Waals surface area contributed by atoms with Crippen molar-refractivity contribution in [2.75, 3.05) is 6.61 Å². The zero-order valence-electron chi connectivity index (χ0n) is 9.28. The van der Waals surface area contributed by atoms with Gasteiger partial charge >= 0.3 is 11.4 Å². The topological polar surface area (TPSA) is 119 Å². The standard InChI is InChI=1S/C9H9N3O5.ClH/c1-2-17-9(10)6-3-4-7(11(13)14)8(5-6)12(15)16;/h3-5,10H,2H2,1H3;1H. The Kier molecular flexibility index (Phi) is 5.70. The quantitative estimate of drug-likeness (QED) is 0.391. The first-order chi connectivity index (χ1) is 7.97. The molecule has 0 saturated carbocycles. The van der Waals surface area contributed by atoms with Crippen LogP contribution in [0.3, 0.4) is 0 Å². The van der Waals surface area contributed by atoms with Crippen LogP contribution in [0.1, 0.15) is 12.5 Å². The van der Waals surface area contributed by atoms with Gasteiger partial charge in [-0.25, -0.2) is 0 Å². The Morgan fingerprint density at radius 3 is 2.28 bits per heavy atom. The zero-order chi connectivity index (χ0) is 13.0. The molecule has 1 aromatic carbocycles. The van der Waals surface area contributed by atoms with Gasteiger partial charge < -0.3 is 4.74 Å². The Morgan fingerprint density at radius 1 is 1.28 bits per heavy atom. The van der Waals surface area contributed by atoms with Crippen LogP contribution in [-0.2, 0) is 4.74 Å². The van der Waals surface area contributed by atoms with Crippen LogP contribution in [0.15, 0.2) is 18.2 Å². The van der Waals surface area contributed by atoms with Gasteiger partial charge in [0.1, 0.15) is 0 Å². The highest BCUT2D eigenvalue weighted by Gasteiger charge is 2.25. The van der Waals surface area contributed by atoms with E-state index in [4.69, 9.17) is 10.1 Å². The van der Waals surface area contributed by atoms with Crippen molar-refractivity contribution in [3.05, 3.63) is 44.0 Å². The molecule has 0 saturated heterocycles. The van der Waals surface area contributed by atoms with Crippen LogP contribution in [0.2, 0.25) is 0 Å². The molecular weight excluding hydrogens is 266 g/mol. The van der Waals surface area contributed by atoms with Crippen molar-refractivity contribution in [2.24, 2.45) is 0 Å². The van der Waals surface area contributed by atoms with E-state index in [1.165, 1.54) is 6.07 Å². The third-order valence-corrected chi connectivity index (χ3v) is 1.92. The first kappa shape index (κ1) is 15.8. The molecule has 0 aliphatic rings. The normalized spacial score (nSPS) is 9.17. The lowest BCUT2D eigenvalue weighted by Crippen LogP contribution is -2.06. The minimum absolute atomic E-state index is 0. The zero-order valence-corrected chi connectivity index (χ0v) is 10.1. The van der Waals surface area contributed by atoms with Crippen LogP contribution in [0.25, 0.3) is 0 Å². The maximum atomic E-state index is 10.6. The van der Waals surface area contributed by atoms with E-state index < -0.39 is 21.2 Å². The van der Waals surface area contributed by atoms with Crippen LogP contribution in [-0.4, -0.2) is 22.4 Å². The van der Waals surface area contributed by atoms with Crippen molar-refractivity contribution in [2.45, 2.75) is 6.92 Å². The molecule has 8 nitrogen and oxygen atoms in total. The number of nitro groups is 2. The fraction of sp³-hybridized carbons (Fsp3) is 0.222. The Labute approximate surface area is 108 Å². The number of benzene rings is 1. The van der Waals surface area contributed by atoms with Crippen LogP contribution in [0, 0.1) is 25.6 Å². The second-order valence-corrected chi connectivity index (χ2v) is 2.98. The molecule has 98 valence electrons. The Morgan fingerprint density at radius 2 is 1.83 bits per heavy atom. The molecular formula is C9H10ClN3O5. The van der Waals surface area contributed by atoms with Gasteiger partial charge in [-0.15, -0.1) is 12.4 Å². The summed E-state index contributed by atoms with van der Waals surface area (Å²) in [5.74, 6) is -0.259. The average molecular weight is 276 g/mol. The molecule has 0 bridgehead atoms. The number of rotatable bonds is 4. The molecule has 0 unspecified atom stereocenters. The van der Waals surface area contributed by atoms with Crippen molar-refractivity contribution in [1.29, 1.82) is 5.41 Å². The molecule has 0 fully saturated rings. The van der Waals surface area contributed by atoms with Crippen molar-refractivity contribution in [1.82, 2.24) is 0 Å². The largest absolute Gasteiger partial charge is 0.478 e. The predicted molar refractivity (Wildman–Crippen MR) is 65.5 cm³/mol. The van der Waals surface area contributed by atoms with Crippen molar-refractivity contribution >= 4 is 29.7 Å². The summed E-state index contributed by atoms with van der Waals surface area (Å²) in [5.41, 5.74) is -1.14. The monoisotopic (exact) mass is 275 g/mol. The summed E-state index contributed by atoms with van der Waals surface area (Å²) < 4.78 is 4.85. The van der Waals surface area contributed by atoms with Gasteiger partial charge in [0.2, 0.25) is 5.90 Å². The average Bonchev–Trinajstić information content (AvgIpc) is 2.28. The number of ether oxygens (including phenoxy) is 1. The van der Waals surface area contributed by atoms with Crippen LogP contribution < -0.4 is 0 Å². The molecule has 0 aliphatic carbocycles. The summed E-state index contributed by atoms with van der Waals surface area (Å²) in [7, 11) is 0. The van der Waals surface area contributed by atoms with Gasteiger partial charge in [-0.1, -0.05) is 0 Å². The molecule has 0 amide bonds. The van der Waals surface area contributed by atoms with Gasteiger partial charge in [0, 0.05) is 17.7 Å². The first-order valence-electron chi connectivity index (χ1n) is 4.62. The Balaban J connectivity index is 0.00000289.